The van der Waals surface area contributed by atoms with Crippen molar-refractivity contribution in [3.63, 3.8) is 0 Å². The quantitative estimate of drug-likeness (QED) is 0.711. The van der Waals surface area contributed by atoms with Gasteiger partial charge in [-0.15, -0.1) is 0 Å². The smallest absolute Gasteiger partial charge is 0.350 e. The van der Waals surface area contributed by atoms with Crippen molar-refractivity contribution in [2.24, 2.45) is 0 Å². The lowest BCUT2D eigenvalue weighted by molar-refractivity contribution is -0.141. The number of ether oxygens (including phenoxy) is 1. The van der Waals surface area contributed by atoms with Crippen LogP contribution in [-0.4, -0.2) is 55.3 Å². The van der Waals surface area contributed by atoms with Gasteiger partial charge >= 0.3 is 11.6 Å². The van der Waals surface area contributed by atoms with Gasteiger partial charge in [0.1, 0.15) is 6.10 Å². The highest BCUT2D eigenvalue weighted by Gasteiger charge is 2.59. The van der Waals surface area contributed by atoms with Crippen LogP contribution in [0.4, 0.5) is 8.78 Å². The summed E-state index contributed by atoms with van der Waals surface area (Å²) in [7, 11) is 0. The molecule has 1 aliphatic rings. The molecule has 3 heterocycles. The first-order valence-electron chi connectivity index (χ1n) is 8.53. The zero-order chi connectivity index (χ0) is 20.6. The number of nitrogens with zero attached hydrogens (tertiary/aromatic N) is 3. The summed E-state index contributed by atoms with van der Waals surface area (Å²) in [5.41, 5.74) is 0.736. The van der Waals surface area contributed by atoms with Crippen LogP contribution in [-0.2, 0) is 11.2 Å². The van der Waals surface area contributed by atoms with E-state index in [2.05, 4.69) is 9.97 Å². The number of Topliss-reactive ketones (excluding diaryl/α,β-unsaturated/α-hetero) is 1. The summed E-state index contributed by atoms with van der Waals surface area (Å²) < 4.78 is 33.8. The van der Waals surface area contributed by atoms with Crippen molar-refractivity contribution in [1.29, 1.82) is 0 Å². The fourth-order valence-electron chi connectivity index (χ4n) is 3.08. The van der Waals surface area contributed by atoms with E-state index in [4.69, 9.17) is 9.84 Å². The highest BCUT2D eigenvalue weighted by atomic mass is 19.3. The van der Waals surface area contributed by atoms with Gasteiger partial charge in [0, 0.05) is 23.1 Å². The van der Waals surface area contributed by atoms with Crippen molar-refractivity contribution < 1.29 is 28.5 Å². The third-order valence-electron chi connectivity index (χ3n) is 4.57. The molecule has 3 atom stereocenters. The first-order valence-corrected chi connectivity index (χ1v) is 8.53. The van der Waals surface area contributed by atoms with Crippen LogP contribution in [0.15, 0.2) is 29.2 Å². The fourth-order valence-corrected chi connectivity index (χ4v) is 3.08. The zero-order valence-corrected chi connectivity index (χ0v) is 15.2. The Labute approximate surface area is 158 Å². The standard InChI is InChI=1S/C18H19F2N3O5/c1-9-3-4-12(10(2)21-9)13(25)7-11-5-6-23(17(27)22-11)16-18(19,20)15(26)14(8-24)28-16/h3-6,14-16,24,26H,7-8H2,1-2H3/t14-,15-,16-/m1/s1. The number of rotatable bonds is 5. The van der Waals surface area contributed by atoms with Crippen LogP contribution in [0.3, 0.4) is 0 Å². The van der Waals surface area contributed by atoms with Crippen molar-refractivity contribution in [1.82, 2.24) is 14.5 Å². The van der Waals surface area contributed by atoms with Gasteiger partial charge in [0.15, 0.2) is 11.9 Å². The molecule has 0 spiro atoms. The van der Waals surface area contributed by atoms with E-state index in [-0.39, 0.29) is 17.9 Å². The molecule has 150 valence electrons. The van der Waals surface area contributed by atoms with Gasteiger partial charge in [0.25, 0.3) is 0 Å². The van der Waals surface area contributed by atoms with E-state index in [9.17, 15) is 23.5 Å². The van der Waals surface area contributed by atoms with Crippen LogP contribution in [0.5, 0.6) is 0 Å². The number of alkyl halides is 2. The minimum absolute atomic E-state index is 0.104. The summed E-state index contributed by atoms with van der Waals surface area (Å²) in [6.45, 7) is 2.65. The Bertz CT molecular complexity index is 962. The van der Waals surface area contributed by atoms with Crippen LogP contribution in [0, 0.1) is 13.8 Å². The second kappa shape index (κ2) is 7.46. The molecular formula is C18H19F2N3O5. The molecule has 0 radical (unpaired) electrons. The molecule has 2 aromatic heterocycles. The monoisotopic (exact) mass is 395 g/mol. The SMILES string of the molecule is Cc1ccc(C(=O)Cc2ccn([C@@H]3O[C@H](CO)[C@@H](O)C3(F)F)c(=O)n2)c(C)n1. The number of aromatic nitrogens is 3. The van der Waals surface area contributed by atoms with Crippen LogP contribution in [0.25, 0.3) is 0 Å². The highest BCUT2D eigenvalue weighted by Crippen LogP contribution is 2.41. The summed E-state index contributed by atoms with van der Waals surface area (Å²) in [4.78, 5) is 32.5. The number of ketones is 1. The van der Waals surface area contributed by atoms with Crippen molar-refractivity contribution in [3.05, 3.63) is 57.5 Å². The number of aryl methyl sites for hydroxylation is 2. The first-order chi connectivity index (χ1) is 13.1. The molecule has 1 saturated heterocycles. The lowest BCUT2D eigenvalue weighted by atomic mass is 10.0. The maximum absolute atomic E-state index is 14.2. The first kappa shape index (κ1) is 20.2. The molecule has 2 N–H and O–H groups in total. The largest absolute Gasteiger partial charge is 0.394 e. The molecule has 1 aliphatic heterocycles. The number of carbonyl (C=O) groups is 1. The van der Waals surface area contributed by atoms with E-state index in [0.29, 0.717) is 15.8 Å². The molecule has 0 bridgehead atoms. The second-order valence-corrected chi connectivity index (χ2v) is 6.62. The molecule has 1 fully saturated rings. The Balaban J connectivity index is 1.83. The summed E-state index contributed by atoms with van der Waals surface area (Å²) in [6.07, 6.45) is -5.06. The van der Waals surface area contributed by atoms with Crippen molar-refractivity contribution in [2.45, 2.75) is 44.6 Å². The second-order valence-electron chi connectivity index (χ2n) is 6.62. The molecule has 2 aromatic rings. The molecule has 0 aliphatic carbocycles. The highest BCUT2D eigenvalue weighted by molar-refractivity contribution is 5.98. The zero-order valence-electron chi connectivity index (χ0n) is 15.2. The fraction of sp³-hybridized carbons (Fsp3) is 0.444. The van der Waals surface area contributed by atoms with E-state index in [0.717, 1.165) is 11.9 Å². The summed E-state index contributed by atoms with van der Waals surface area (Å²) >= 11 is 0. The number of aliphatic hydroxyl groups is 2. The maximum Gasteiger partial charge on any atom is 0.350 e. The molecule has 0 aromatic carbocycles. The van der Waals surface area contributed by atoms with Crippen LogP contribution in [0.1, 0.15) is 33.7 Å². The Kier molecular flexibility index (Phi) is 5.37. The van der Waals surface area contributed by atoms with E-state index in [1.807, 2.05) is 0 Å². The van der Waals surface area contributed by atoms with E-state index >= 15 is 0 Å². The Hall–Kier alpha value is -2.56. The Morgan fingerprint density at radius 1 is 1.29 bits per heavy atom. The van der Waals surface area contributed by atoms with Gasteiger partial charge in [-0.2, -0.15) is 13.8 Å². The third-order valence-corrected chi connectivity index (χ3v) is 4.57. The number of hydrogen-bond acceptors (Lipinski definition) is 7. The number of carbonyl (C=O) groups excluding carboxylic acids is 1. The van der Waals surface area contributed by atoms with E-state index in [1.54, 1.807) is 26.0 Å². The minimum atomic E-state index is -3.79. The molecular weight excluding hydrogens is 376 g/mol. The lowest BCUT2D eigenvalue weighted by Gasteiger charge is -2.21. The molecule has 8 nitrogen and oxygen atoms in total. The predicted molar refractivity (Wildman–Crippen MR) is 92.2 cm³/mol. The molecule has 0 saturated carbocycles. The lowest BCUT2D eigenvalue weighted by Crippen LogP contribution is -2.41. The van der Waals surface area contributed by atoms with Gasteiger partial charge < -0.3 is 14.9 Å². The van der Waals surface area contributed by atoms with E-state index in [1.165, 1.54) is 6.07 Å². The number of halogens is 2. The van der Waals surface area contributed by atoms with Crippen molar-refractivity contribution in [3.8, 4) is 0 Å². The summed E-state index contributed by atoms with van der Waals surface area (Å²) in [6, 6.07) is 4.58. The molecule has 0 unspecified atom stereocenters. The number of pyridine rings is 1. The molecule has 10 heteroatoms. The van der Waals surface area contributed by atoms with Gasteiger partial charge in [-0.1, -0.05) is 0 Å². The predicted octanol–water partition coefficient (Wildman–Crippen LogP) is 0.566. The van der Waals surface area contributed by atoms with Gasteiger partial charge in [-0.25, -0.2) is 4.79 Å². The van der Waals surface area contributed by atoms with Gasteiger partial charge in [0.05, 0.1) is 18.7 Å². The average molecular weight is 395 g/mol. The van der Waals surface area contributed by atoms with Crippen molar-refractivity contribution >= 4 is 5.78 Å². The summed E-state index contributed by atoms with van der Waals surface area (Å²) in [5.74, 6) is -4.10. The molecule has 3 rings (SSSR count). The molecule has 0 amide bonds. The third kappa shape index (κ3) is 3.58. The van der Waals surface area contributed by atoms with Gasteiger partial charge in [0.2, 0.25) is 6.23 Å². The van der Waals surface area contributed by atoms with E-state index < -0.39 is 36.7 Å². The summed E-state index contributed by atoms with van der Waals surface area (Å²) in [5, 5.41) is 18.6. The Morgan fingerprint density at radius 3 is 2.57 bits per heavy atom. The van der Waals surface area contributed by atoms with Gasteiger partial charge in [-0.3, -0.25) is 14.3 Å². The maximum atomic E-state index is 14.2. The minimum Gasteiger partial charge on any atom is -0.394 e. The van der Waals surface area contributed by atoms with Crippen LogP contribution < -0.4 is 5.69 Å². The van der Waals surface area contributed by atoms with Crippen molar-refractivity contribution in [2.75, 3.05) is 6.61 Å². The van der Waals surface area contributed by atoms with Crippen LogP contribution >= 0.6 is 0 Å². The number of hydrogen-bond donors (Lipinski definition) is 2. The molecule has 28 heavy (non-hydrogen) atoms. The Morgan fingerprint density at radius 2 is 2.00 bits per heavy atom. The van der Waals surface area contributed by atoms with Gasteiger partial charge in [-0.05, 0) is 32.0 Å². The average Bonchev–Trinajstić information content (AvgIpc) is 2.85. The van der Waals surface area contributed by atoms with Crippen LogP contribution in [0.2, 0.25) is 0 Å². The topological polar surface area (TPSA) is 115 Å². The normalized spacial score (nSPS) is 23.7. The number of aliphatic hydroxyl groups excluding tert-OH is 2.